The van der Waals surface area contributed by atoms with Crippen LogP contribution in [0, 0.1) is 5.92 Å². The summed E-state index contributed by atoms with van der Waals surface area (Å²) in [4.78, 5) is 23.7. The molecule has 0 spiro atoms. The molecule has 5 heteroatoms. The molecule has 114 valence electrons. The largest absolute Gasteiger partial charge is 0.469 e. The van der Waals surface area contributed by atoms with Crippen molar-refractivity contribution in [1.82, 2.24) is 5.32 Å². The van der Waals surface area contributed by atoms with Gasteiger partial charge in [0, 0.05) is 16.6 Å². The molecule has 1 aliphatic carbocycles. The van der Waals surface area contributed by atoms with Gasteiger partial charge in [0.15, 0.2) is 5.78 Å². The molecule has 21 heavy (non-hydrogen) atoms. The van der Waals surface area contributed by atoms with E-state index in [1.807, 2.05) is 0 Å². The van der Waals surface area contributed by atoms with Crippen LogP contribution in [0.15, 0.2) is 24.3 Å². The molecular weight excluding hydrogens is 290 g/mol. The Morgan fingerprint density at radius 3 is 2.90 bits per heavy atom. The fourth-order valence-corrected chi connectivity index (χ4v) is 2.95. The molecule has 0 radical (unpaired) electrons. The van der Waals surface area contributed by atoms with Gasteiger partial charge in [-0.05, 0) is 31.4 Å². The van der Waals surface area contributed by atoms with Gasteiger partial charge in [0.25, 0.3) is 0 Å². The van der Waals surface area contributed by atoms with Crippen molar-refractivity contribution in [2.45, 2.75) is 31.7 Å². The van der Waals surface area contributed by atoms with Gasteiger partial charge in [0.05, 0.1) is 19.6 Å². The smallest absolute Gasteiger partial charge is 0.308 e. The first kappa shape index (κ1) is 16.0. The molecule has 2 rings (SSSR count). The van der Waals surface area contributed by atoms with E-state index in [4.69, 9.17) is 16.3 Å². The normalized spacial score (nSPS) is 21.8. The van der Waals surface area contributed by atoms with Crippen LogP contribution in [-0.2, 0) is 9.53 Å². The van der Waals surface area contributed by atoms with E-state index in [9.17, 15) is 9.59 Å². The summed E-state index contributed by atoms with van der Waals surface area (Å²) in [5.41, 5.74) is 0.607. The maximum absolute atomic E-state index is 12.1. The minimum absolute atomic E-state index is 0.0118. The number of benzene rings is 1. The van der Waals surface area contributed by atoms with Crippen molar-refractivity contribution in [3.63, 3.8) is 0 Å². The molecule has 0 saturated heterocycles. The Bertz CT molecular complexity index is 518. The lowest BCUT2D eigenvalue weighted by molar-refractivity contribution is -0.146. The molecule has 0 heterocycles. The van der Waals surface area contributed by atoms with Crippen molar-refractivity contribution in [3.05, 3.63) is 34.9 Å². The van der Waals surface area contributed by atoms with Gasteiger partial charge in [-0.1, -0.05) is 30.2 Å². The van der Waals surface area contributed by atoms with Crippen molar-refractivity contribution in [3.8, 4) is 0 Å². The highest BCUT2D eigenvalue weighted by molar-refractivity contribution is 6.31. The van der Waals surface area contributed by atoms with Gasteiger partial charge < -0.3 is 10.1 Å². The fourth-order valence-electron chi connectivity index (χ4n) is 2.76. The van der Waals surface area contributed by atoms with Crippen molar-refractivity contribution in [2.75, 3.05) is 13.7 Å². The monoisotopic (exact) mass is 309 g/mol. The van der Waals surface area contributed by atoms with Crippen molar-refractivity contribution in [1.29, 1.82) is 0 Å². The summed E-state index contributed by atoms with van der Waals surface area (Å²) in [5, 5.41) is 3.81. The van der Waals surface area contributed by atoms with E-state index >= 15 is 0 Å². The van der Waals surface area contributed by atoms with Gasteiger partial charge in [-0.25, -0.2) is 0 Å². The Hall–Kier alpha value is -1.39. The zero-order valence-corrected chi connectivity index (χ0v) is 12.9. The molecule has 0 aliphatic heterocycles. The van der Waals surface area contributed by atoms with Crippen molar-refractivity contribution >= 4 is 23.4 Å². The van der Waals surface area contributed by atoms with Gasteiger partial charge in [-0.2, -0.15) is 0 Å². The molecule has 0 bridgehead atoms. The Morgan fingerprint density at radius 2 is 2.19 bits per heavy atom. The molecule has 2 atom stereocenters. The number of esters is 1. The molecule has 1 aliphatic rings. The van der Waals surface area contributed by atoms with E-state index < -0.39 is 0 Å². The van der Waals surface area contributed by atoms with Crippen LogP contribution in [-0.4, -0.2) is 31.4 Å². The molecule has 1 aromatic carbocycles. The third-order valence-corrected chi connectivity index (χ3v) is 4.14. The lowest BCUT2D eigenvalue weighted by atomic mass is 9.85. The van der Waals surface area contributed by atoms with Gasteiger partial charge in [-0.15, -0.1) is 0 Å². The lowest BCUT2D eigenvalue weighted by Gasteiger charge is -2.28. The predicted octanol–water partition coefficient (Wildman–Crippen LogP) is 2.84. The van der Waals surface area contributed by atoms with Gasteiger partial charge in [0.2, 0.25) is 0 Å². The second-order valence-electron chi connectivity index (χ2n) is 5.40. The average molecular weight is 310 g/mol. The number of methoxy groups -OCH3 is 1. The number of Topliss-reactive ketones (excluding diaryl/α,β-unsaturated/α-hetero) is 1. The molecule has 0 unspecified atom stereocenters. The molecule has 1 fully saturated rings. The van der Waals surface area contributed by atoms with E-state index in [1.165, 1.54) is 7.11 Å². The highest BCUT2D eigenvalue weighted by Crippen LogP contribution is 2.25. The van der Waals surface area contributed by atoms with E-state index in [-0.39, 0.29) is 30.3 Å². The topological polar surface area (TPSA) is 55.4 Å². The van der Waals surface area contributed by atoms with Crippen LogP contribution >= 0.6 is 11.6 Å². The van der Waals surface area contributed by atoms with E-state index in [2.05, 4.69) is 5.32 Å². The standard InChI is InChI=1S/C16H20ClNO3/c1-21-16(20)12-5-3-7-14(9-12)18-10-15(19)11-4-2-6-13(17)8-11/h2,4,6,8,12,14,18H,3,5,7,9-10H2,1H3/t12-,14+/m0/s1. The van der Waals surface area contributed by atoms with Crippen molar-refractivity contribution < 1.29 is 14.3 Å². The summed E-state index contributed by atoms with van der Waals surface area (Å²) in [7, 11) is 1.42. The number of nitrogens with one attached hydrogen (secondary N) is 1. The summed E-state index contributed by atoms with van der Waals surface area (Å²) in [6.45, 7) is 0.263. The highest BCUT2D eigenvalue weighted by atomic mass is 35.5. The Labute approximate surface area is 129 Å². The minimum atomic E-state index is -0.150. The van der Waals surface area contributed by atoms with Crippen LogP contribution in [0.4, 0.5) is 0 Å². The molecule has 0 amide bonds. The Morgan fingerprint density at radius 1 is 1.38 bits per heavy atom. The van der Waals surface area contributed by atoms with E-state index in [0.717, 1.165) is 25.7 Å². The molecule has 4 nitrogen and oxygen atoms in total. The van der Waals surface area contributed by atoms with Crippen LogP contribution in [0.25, 0.3) is 0 Å². The SMILES string of the molecule is COC(=O)[C@H]1CCC[C@@H](NCC(=O)c2cccc(Cl)c2)C1. The number of carbonyl (C=O) groups is 2. The van der Waals surface area contributed by atoms with E-state index in [0.29, 0.717) is 10.6 Å². The van der Waals surface area contributed by atoms with Gasteiger partial charge in [-0.3, -0.25) is 9.59 Å². The van der Waals surface area contributed by atoms with E-state index in [1.54, 1.807) is 24.3 Å². The lowest BCUT2D eigenvalue weighted by Crippen LogP contribution is -2.39. The predicted molar refractivity (Wildman–Crippen MR) is 81.5 cm³/mol. The quantitative estimate of drug-likeness (QED) is 0.671. The first-order chi connectivity index (χ1) is 10.1. The number of hydrogen-bond acceptors (Lipinski definition) is 4. The number of carbonyl (C=O) groups excluding carboxylic acids is 2. The number of ketones is 1. The maximum Gasteiger partial charge on any atom is 0.308 e. The summed E-state index contributed by atoms with van der Waals surface area (Å²) in [5.74, 6) is -0.192. The third-order valence-electron chi connectivity index (χ3n) is 3.91. The van der Waals surface area contributed by atoms with Crippen molar-refractivity contribution in [2.24, 2.45) is 5.92 Å². The second-order valence-corrected chi connectivity index (χ2v) is 5.83. The third kappa shape index (κ3) is 4.55. The van der Waals surface area contributed by atoms with Crippen LogP contribution in [0.3, 0.4) is 0 Å². The number of rotatable bonds is 5. The second kappa shape index (κ2) is 7.57. The minimum Gasteiger partial charge on any atom is -0.469 e. The molecule has 1 N–H and O–H groups in total. The fraction of sp³-hybridized carbons (Fsp3) is 0.500. The molecule has 1 aromatic rings. The molecule has 1 saturated carbocycles. The first-order valence-corrected chi connectivity index (χ1v) is 7.58. The van der Waals surface area contributed by atoms with Crippen LogP contribution in [0.1, 0.15) is 36.0 Å². The van der Waals surface area contributed by atoms with Crippen LogP contribution in [0.2, 0.25) is 5.02 Å². The summed E-state index contributed by atoms with van der Waals surface area (Å²) < 4.78 is 4.80. The average Bonchev–Trinajstić information content (AvgIpc) is 2.52. The molecular formula is C16H20ClNO3. The van der Waals surface area contributed by atoms with Crippen LogP contribution in [0.5, 0.6) is 0 Å². The summed E-state index contributed by atoms with van der Waals surface area (Å²) in [6.07, 6.45) is 3.56. The number of ether oxygens (including phenoxy) is 1. The Balaban J connectivity index is 1.85. The van der Waals surface area contributed by atoms with Crippen LogP contribution < -0.4 is 5.32 Å². The highest BCUT2D eigenvalue weighted by Gasteiger charge is 2.27. The Kier molecular flexibility index (Phi) is 5.76. The molecule has 0 aromatic heterocycles. The van der Waals surface area contributed by atoms with Gasteiger partial charge >= 0.3 is 5.97 Å². The number of halogens is 1. The first-order valence-electron chi connectivity index (χ1n) is 7.20. The summed E-state index contributed by atoms with van der Waals surface area (Å²) in [6, 6.07) is 7.13. The van der Waals surface area contributed by atoms with Gasteiger partial charge in [0.1, 0.15) is 0 Å². The zero-order valence-electron chi connectivity index (χ0n) is 12.1. The number of hydrogen-bond donors (Lipinski definition) is 1. The zero-order chi connectivity index (χ0) is 15.2. The maximum atomic E-state index is 12.1. The summed E-state index contributed by atoms with van der Waals surface area (Å²) >= 11 is 5.88.